The Labute approximate surface area is 195 Å². The van der Waals surface area contributed by atoms with Gasteiger partial charge in [-0.3, -0.25) is 4.79 Å². The van der Waals surface area contributed by atoms with Crippen molar-refractivity contribution in [1.29, 1.82) is 0 Å². The molecule has 174 valence electrons. The SMILES string of the molecule is Cc1ccc(N2CCN(c3cccc(C(=O)NC4C5CC6CC4CC(O)(C6)C5)n3)CC2)nc1. The molecular weight excluding hydrogens is 414 g/mol. The molecule has 4 bridgehead atoms. The van der Waals surface area contributed by atoms with E-state index in [2.05, 4.69) is 39.2 Å². The van der Waals surface area contributed by atoms with Crippen molar-refractivity contribution in [1.82, 2.24) is 15.3 Å². The molecule has 7 rings (SSSR count). The molecule has 1 aliphatic heterocycles. The lowest BCUT2D eigenvalue weighted by molar-refractivity contribution is -0.136. The summed E-state index contributed by atoms with van der Waals surface area (Å²) in [5.74, 6) is 3.23. The monoisotopic (exact) mass is 447 g/mol. The van der Waals surface area contributed by atoms with Gasteiger partial charge in [-0.05, 0) is 80.5 Å². The average molecular weight is 448 g/mol. The summed E-state index contributed by atoms with van der Waals surface area (Å²) in [6, 6.07) is 10.1. The minimum atomic E-state index is -0.480. The molecule has 1 saturated heterocycles. The number of nitrogens with zero attached hydrogens (tertiary/aromatic N) is 4. The number of aryl methyl sites for hydroxylation is 1. The fraction of sp³-hybridized carbons (Fsp3) is 0.577. The molecule has 2 N–H and O–H groups in total. The van der Waals surface area contributed by atoms with Crippen molar-refractivity contribution in [2.24, 2.45) is 17.8 Å². The zero-order valence-corrected chi connectivity index (χ0v) is 19.3. The summed E-state index contributed by atoms with van der Waals surface area (Å²) in [6.07, 6.45) is 6.80. The summed E-state index contributed by atoms with van der Waals surface area (Å²) in [5.41, 5.74) is 1.18. The van der Waals surface area contributed by atoms with Crippen LogP contribution in [0.1, 0.15) is 48.2 Å². The highest BCUT2D eigenvalue weighted by Gasteiger charge is 2.55. The molecule has 4 aliphatic carbocycles. The van der Waals surface area contributed by atoms with Crippen LogP contribution in [0.3, 0.4) is 0 Å². The lowest BCUT2D eigenvalue weighted by Crippen LogP contribution is -2.61. The number of pyridine rings is 2. The van der Waals surface area contributed by atoms with Crippen LogP contribution in [-0.2, 0) is 0 Å². The Morgan fingerprint density at radius 1 is 1.00 bits per heavy atom. The van der Waals surface area contributed by atoms with E-state index in [9.17, 15) is 9.90 Å². The van der Waals surface area contributed by atoms with E-state index in [1.54, 1.807) is 0 Å². The molecule has 7 heteroatoms. The molecule has 3 heterocycles. The second-order valence-corrected chi connectivity index (χ2v) is 10.7. The van der Waals surface area contributed by atoms with Crippen LogP contribution >= 0.6 is 0 Å². The van der Waals surface area contributed by atoms with E-state index in [0.717, 1.165) is 69.9 Å². The number of hydrogen-bond donors (Lipinski definition) is 2. The van der Waals surface area contributed by atoms with E-state index in [1.165, 1.54) is 5.56 Å². The number of carbonyl (C=O) groups is 1. The first-order valence-electron chi connectivity index (χ1n) is 12.4. The van der Waals surface area contributed by atoms with E-state index < -0.39 is 5.60 Å². The first-order valence-corrected chi connectivity index (χ1v) is 12.4. The number of aliphatic hydroxyl groups is 1. The van der Waals surface area contributed by atoms with Crippen molar-refractivity contribution < 1.29 is 9.90 Å². The quantitative estimate of drug-likeness (QED) is 0.750. The smallest absolute Gasteiger partial charge is 0.270 e. The van der Waals surface area contributed by atoms with E-state index in [0.29, 0.717) is 23.4 Å². The number of rotatable bonds is 4. The second-order valence-electron chi connectivity index (χ2n) is 10.7. The van der Waals surface area contributed by atoms with E-state index >= 15 is 0 Å². The van der Waals surface area contributed by atoms with Gasteiger partial charge in [-0.2, -0.15) is 0 Å². The van der Waals surface area contributed by atoms with Crippen LogP contribution in [0.25, 0.3) is 0 Å². The largest absolute Gasteiger partial charge is 0.390 e. The molecule has 2 unspecified atom stereocenters. The number of nitrogens with one attached hydrogen (secondary N) is 1. The van der Waals surface area contributed by atoms with E-state index in [-0.39, 0.29) is 11.9 Å². The number of carbonyl (C=O) groups excluding carboxylic acids is 1. The topological polar surface area (TPSA) is 81.6 Å². The maximum Gasteiger partial charge on any atom is 0.270 e. The van der Waals surface area contributed by atoms with Crippen LogP contribution in [-0.4, -0.2) is 58.8 Å². The molecule has 2 aromatic rings. The number of piperazine rings is 1. The number of hydrogen-bond acceptors (Lipinski definition) is 6. The Bertz CT molecular complexity index is 1020. The van der Waals surface area contributed by atoms with Gasteiger partial charge in [-0.25, -0.2) is 9.97 Å². The van der Waals surface area contributed by atoms with Gasteiger partial charge in [0.05, 0.1) is 5.60 Å². The Kier molecular flexibility index (Phi) is 5.05. The molecule has 0 spiro atoms. The minimum Gasteiger partial charge on any atom is -0.390 e. The Hall–Kier alpha value is -2.67. The van der Waals surface area contributed by atoms with Gasteiger partial charge in [-0.1, -0.05) is 12.1 Å². The number of anilines is 2. The molecule has 33 heavy (non-hydrogen) atoms. The van der Waals surface area contributed by atoms with Gasteiger partial charge < -0.3 is 20.2 Å². The number of amides is 1. The predicted molar refractivity (Wildman–Crippen MR) is 127 cm³/mol. The van der Waals surface area contributed by atoms with Gasteiger partial charge in [0.1, 0.15) is 17.3 Å². The van der Waals surface area contributed by atoms with E-state index in [4.69, 9.17) is 4.98 Å². The van der Waals surface area contributed by atoms with E-state index in [1.807, 2.05) is 24.4 Å². The Morgan fingerprint density at radius 2 is 1.70 bits per heavy atom. The molecular formula is C26H33N5O2. The van der Waals surface area contributed by atoms with Crippen LogP contribution in [0, 0.1) is 24.7 Å². The maximum absolute atomic E-state index is 13.1. The third-order valence-electron chi connectivity index (χ3n) is 8.33. The van der Waals surface area contributed by atoms with Crippen molar-refractivity contribution in [3.63, 3.8) is 0 Å². The molecule has 0 radical (unpaired) electrons. The van der Waals surface area contributed by atoms with Crippen molar-refractivity contribution in [3.8, 4) is 0 Å². The van der Waals surface area contributed by atoms with Crippen molar-refractivity contribution >= 4 is 17.5 Å². The Morgan fingerprint density at radius 3 is 2.33 bits per heavy atom. The first kappa shape index (κ1) is 20.9. The highest BCUT2D eigenvalue weighted by Crippen LogP contribution is 2.55. The molecule has 5 aliphatic rings. The summed E-state index contributed by atoms with van der Waals surface area (Å²) in [6.45, 7) is 5.50. The summed E-state index contributed by atoms with van der Waals surface area (Å²) >= 11 is 0. The van der Waals surface area contributed by atoms with Crippen LogP contribution in [0.5, 0.6) is 0 Å². The summed E-state index contributed by atoms with van der Waals surface area (Å²) in [4.78, 5) is 27.0. The second kappa shape index (κ2) is 7.97. The van der Waals surface area contributed by atoms with Gasteiger partial charge in [0.2, 0.25) is 0 Å². The molecule has 2 atom stereocenters. The van der Waals surface area contributed by atoms with Crippen LogP contribution in [0.2, 0.25) is 0 Å². The van der Waals surface area contributed by atoms with Gasteiger partial charge in [0, 0.05) is 38.4 Å². The molecule has 2 aromatic heterocycles. The highest BCUT2D eigenvalue weighted by molar-refractivity contribution is 5.93. The molecule has 7 nitrogen and oxygen atoms in total. The average Bonchev–Trinajstić information content (AvgIpc) is 2.81. The first-order chi connectivity index (χ1) is 16.0. The zero-order valence-electron chi connectivity index (χ0n) is 19.3. The highest BCUT2D eigenvalue weighted by atomic mass is 16.3. The fourth-order valence-corrected chi connectivity index (χ4v) is 6.98. The predicted octanol–water partition coefficient (Wildman–Crippen LogP) is 2.78. The van der Waals surface area contributed by atoms with Crippen LogP contribution in [0.4, 0.5) is 11.6 Å². The minimum absolute atomic E-state index is 0.0798. The molecule has 0 aromatic carbocycles. The third-order valence-corrected chi connectivity index (χ3v) is 8.33. The molecule has 4 saturated carbocycles. The van der Waals surface area contributed by atoms with Gasteiger partial charge >= 0.3 is 0 Å². The van der Waals surface area contributed by atoms with Crippen molar-refractivity contribution in [2.75, 3.05) is 36.0 Å². The zero-order chi connectivity index (χ0) is 22.6. The normalized spacial score (nSPS) is 32.8. The fourth-order valence-electron chi connectivity index (χ4n) is 6.98. The van der Waals surface area contributed by atoms with Gasteiger partial charge in [0.15, 0.2) is 0 Å². The summed E-state index contributed by atoms with van der Waals surface area (Å²) < 4.78 is 0. The maximum atomic E-state index is 13.1. The molecule has 5 fully saturated rings. The van der Waals surface area contributed by atoms with Gasteiger partial charge in [-0.15, -0.1) is 0 Å². The Balaban J connectivity index is 1.10. The number of aromatic nitrogens is 2. The van der Waals surface area contributed by atoms with Gasteiger partial charge in [0.25, 0.3) is 5.91 Å². The van der Waals surface area contributed by atoms with Crippen LogP contribution in [0.15, 0.2) is 36.5 Å². The lowest BCUT2D eigenvalue weighted by atomic mass is 9.52. The third kappa shape index (κ3) is 3.97. The summed E-state index contributed by atoms with van der Waals surface area (Å²) in [7, 11) is 0. The van der Waals surface area contributed by atoms with Crippen molar-refractivity contribution in [2.45, 2.75) is 50.7 Å². The van der Waals surface area contributed by atoms with Crippen molar-refractivity contribution in [3.05, 3.63) is 47.8 Å². The summed E-state index contributed by atoms with van der Waals surface area (Å²) in [5, 5.41) is 14.1. The standard InChI is InChI=1S/C26H33N5O2/c1-17-5-6-22(27-16-17)30-7-9-31(10-8-30)23-4-2-3-21(28-23)25(32)29-24-19-11-18-12-20(24)15-26(33,13-18)14-19/h2-6,16,18-20,24,33H,7-15H2,1H3,(H,29,32). The lowest BCUT2D eigenvalue weighted by Gasteiger charge is -2.58. The molecule has 1 amide bonds. The van der Waals surface area contributed by atoms with Crippen LogP contribution < -0.4 is 15.1 Å².